The molecule has 0 atom stereocenters. The van der Waals surface area contributed by atoms with Crippen molar-refractivity contribution in [2.45, 2.75) is 69.9 Å². The van der Waals surface area contributed by atoms with Crippen LogP contribution >= 0.6 is 0 Å². The van der Waals surface area contributed by atoms with Crippen LogP contribution in [-0.2, 0) is 9.53 Å². The molecule has 2 fully saturated rings. The number of rotatable bonds is 4. The molecule has 2 aliphatic rings. The van der Waals surface area contributed by atoms with E-state index in [1.165, 1.54) is 19.3 Å². The van der Waals surface area contributed by atoms with E-state index in [0.29, 0.717) is 6.04 Å². The van der Waals surface area contributed by atoms with E-state index in [4.69, 9.17) is 9.94 Å². The lowest BCUT2D eigenvalue weighted by molar-refractivity contribution is -0.129. The van der Waals surface area contributed by atoms with Crippen molar-refractivity contribution in [2.24, 2.45) is 5.16 Å². The maximum absolute atomic E-state index is 11.8. The van der Waals surface area contributed by atoms with Crippen LogP contribution in [0.2, 0.25) is 0 Å². The topological polar surface area (TPSA) is 70.9 Å². The highest BCUT2D eigenvalue weighted by Crippen LogP contribution is 2.19. The van der Waals surface area contributed by atoms with Crippen molar-refractivity contribution >= 4 is 11.6 Å². The number of hydrogen-bond acceptors (Lipinski definition) is 4. The minimum Gasteiger partial charge on any atom is -0.411 e. The van der Waals surface area contributed by atoms with Gasteiger partial charge in [-0.25, -0.2) is 0 Å². The van der Waals surface area contributed by atoms with E-state index in [2.05, 4.69) is 10.5 Å². The van der Waals surface area contributed by atoms with Crippen LogP contribution in [0.3, 0.4) is 0 Å². The molecule has 0 saturated heterocycles. The minimum absolute atomic E-state index is 0.00789. The molecule has 5 nitrogen and oxygen atoms in total. The zero-order chi connectivity index (χ0) is 13.5. The maximum atomic E-state index is 11.8. The molecule has 0 heterocycles. The highest BCUT2D eigenvalue weighted by Gasteiger charge is 2.20. The van der Waals surface area contributed by atoms with Crippen LogP contribution in [0, 0.1) is 0 Å². The summed E-state index contributed by atoms with van der Waals surface area (Å²) in [5.74, 6) is 0.00789. The zero-order valence-corrected chi connectivity index (χ0v) is 11.4. The zero-order valence-electron chi connectivity index (χ0n) is 11.4. The van der Waals surface area contributed by atoms with Crippen LogP contribution in [0.1, 0.15) is 57.8 Å². The summed E-state index contributed by atoms with van der Waals surface area (Å²) >= 11 is 0. The molecule has 2 rings (SSSR count). The first-order valence-electron chi connectivity index (χ1n) is 7.38. The third kappa shape index (κ3) is 4.82. The normalized spacial score (nSPS) is 25.1. The lowest BCUT2D eigenvalue weighted by atomic mass is 9.95. The Balaban J connectivity index is 1.61. The summed E-state index contributed by atoms with van der Waals surface area (Å²) in [6.45, 7) is 0.159. The second-order valence-electron chi connectivity index (χ2n) is 5.58. The molecular weight excluding hydrogens is 244 g/mol. The number of ether oxygens (including phenoxy) is 1. The van der Waals surface area contributed by atoms with Crippen LogP contribution < -0.4 is 5.32 Å². The standard InChI is InChI=1S/C14H24N2O3/c17-14(15-11-4-2-1-3-5-11)10-19-13-8-6-12(16-18)7-9-13/h11,13,18H,1-10H2,(H,15,17). The Hall–Kier alpha value is -1.10. The fourth-order valence-electron chi connectivity index (χ4n) is 2.90. The van der Waals surface area contributed by atoms with Crippen molar-refractivity contribution in [2.75, 3.05) is 6.61 Å². The molecule has 19 heavy (non-hydrogen) atoms. The molecule has 0 aromatic heterocycles. The molecule has 2 saturated carbocycles. The van der Waals surface area contributed by atoms with Crippen LogP contribution in [0.4, 0.5) is 0 Å². The summed E-state index contributed by atoms with van der Waals surface area (Å²) in [6.07, 6.45) is 9.29. The summed E-state index contributed by atoms with van der Waals surface area (Å²) in [5.41, 5.74) is 0.839. The van der Waals surface area contributed by atoms with Gasteiger partial charge in [0.25, 0.3) is 0 Å². The number of amides is 1. The molecule has 0 radical (unpaired) electrons. The Morgan fingerprint density at radius 3 is 2.53 bits per heavy atom. The van der Waals surface area contributed by atoms with E-state index in [1.54, 1.807) is 0 Å². The largest absolute Gasteiger partial charge is 0.411 e. The molecule has 0 aliphatic heterocycles. The number of nitrogens with one attached hydrogen (secondary N) is 1. The lowest BCUT2D eigenvalue weighted by Crippen LogP contribution is -2.39. The molecule has 5 heteroatoms. The van der Waals surface area contributed by atoms with E-state index in [1.807, 2.05) is 0 Å². The summed E-state index contributed by atoms with van der Waals surface area (Å²) < 4.78 is 5.63. The molecule has 2 N–H and O–H groups in total. The third-order valence-corrected chi connectivity index (χ3v) is 4.07. The molecule has 2 aliphatic carbocycles. The fourth-order valence-corrected chi connectivity index (χ4v) is 2.90. The molecule has 0 aromatic rings. The Labute approximate surface area is 114 Å². The van der Waals surface area contributed by atoms with Crippen LogP contribution in [-0.4, -0.2) is 35.6 Å². The average molecular weight is 268 g/mol. The number of carbonyl (C=O) groups excluding carboxylic acids is 1. The number of carbonyl (C=O) groups is 1. The third-order valence-electron chi connectivity index (χ3n) is 4.07. The van der Waals surface area contributed by atoms with Gasteiger partial charge in [0, 0.05) is 6.04 Å². The Kier molecular flexibility index (Phi) is 5.63. The van der Waals surface area contributed by atoms with E-state index in [9.17, 15) is 4.79 Å². The molecule has 0 aromatic carbocycles. The highest BCUT2D eigenvalue weighted by atomic mass is 16.5. The molecule has 1 amide bonds. The van der Waals surface area contributed by atoms with Crippen LogP contribution in [0.15, 0.2) is 5.16 Å². The number of oxime groups is 1. The van der Waals surface area contributed by atoms with Crippen LogP contribution in [0.25, 0.3) is 0 Å². The Morgan fingerprint density at radius 1 is 1.21 bits per heavy atom. The van der Waals surface area contributed by atoms with Gasteiger partial charge in [-0.3, -0.25) is 4.79 Å². The predicted molar refractivity (Wildman–Crippen MR) is 72.4 cm³/mol. The van der Waals surface area contributed by atoms with Gasteiger partial charge in [0.15, 0.2) is 0 Å². The van der Waals surface area contributed by atoms with Gasteiger partial charge >= 0.3 is 0 Å². The first-order chi connectivity index (χ1) is 9.28. The molecule has 0 bridgehead atoms. The van der Waals surface area contributed by atoms with E-state index < -0.39 is 0 Å². The average Bonchev–Trinajstić information content (AvgIpc) is 2.47. The van der Waals surface area contributed by atoms with Gasteiger partial charge in [0.2, 0.25) is 5.91 Å². The molecule has 0 spiro atoms. The maximum Gasteiger partial charge on any atom is 0.246 e. The van der Waals surface area contributed by atoms with Crippen molar-refractivity contribution in [3.05, 3.63) is 0 Å². The Morgan fingerprint density at radius 2 is 1.89 bits per heavy atom. The highest BCUT2D eigenvalue weighted by molar-refractivity contribution is 5.84. The number of nitrogens with zero attached hydrogens (tertiary/aromatic N) is 1. The predicted octanol–water partition coefficient (Wildman–Crippen LogP) is 2.22. The van der Waals surface area contributed by atoms with Gasteiger partial charge in [-0.05, 0) is 38.5 Å². The minimum atomic E-state index is 0.00789. The van der Waals surface area contributed by atoms with Gasteiger partial charge in [0.05, 0.1) is 11.8 Å². The van der Waals surface area contributed by atoms with Gasteiger partial charge in [-0.2, -0.15) is 0 Å². The van der Waals surface area contributed by atoms with E-state index in [-0.39, 0.29) is 18.6 Å². The second kappa shape index (κ2) is 7.48. The van der Waals surface area contributed by atoms with Gasteiger partial charge < -0.3 is 15.3 Å². The van der Waals surface area contributed by atoms with Crippen molar-refractivity contribution in [3.8, 4) is 0 Å². The van der Waals surface area contributed by atoms with Gasteiger partial charge in [-0.1, -0.05) is 24.4 Å². The van der Waals surface area contributed by atoms with Gasteiger partial charge in [0.1, 0.15) is 6.61 Å². The Bertz CT molecular complexity index is 315. The van der Waals surface area contributed by atoms with Crippen molar-refractivity contribution in [1.82, 2.24) is 5.32 Å². The molecule has 108 valence electrons. The number of hydrogen-bond donors (Lipinski definition) is 2. The van der Waals surface area contributed by atoms with E-state index >= 15 is 0 Å². The summed E-state index contributed by atoms with van der Waals surface area (Å²) in [6, 6.07) is 0.351. The first-order valence-corrected chi connectivity index (χ1v) is 7.38. The van der Waals surface area contributed by atoms with Crippen molar-refractivity contribution in [1.29, 1.82) is 0 Å². The van der Waals surface area contributed by atoms with Crippen LogP contribution in [0.5, 0.6) is 0 Å². The fraction of sp³-hybridized carbons (Fsp3) is 0.857. The lowest BCUT2D eigenvalue weighted by Gasteiger charge is -2.25. The molecule has 0 unspecified atom stereocenters. The van der Waals surface area contributed by atoms with Crippen molar-refractivity contribution in [3.63, 3.8) is 0 Å². The second-order valence-corrected chi connectivity index (χ2v) is 5.58. The summed E-state index contributed by atoms with van der Waals surface area (Å²) in [5, 5.41) is 14.9. The van der Waals surface area contributed by atoms with Gasteiger partial charge in [-0.15, -0.1) is 0 Å². The SMILES string of the molecule is O=C(COC1CCC(=NO)CC1)NC1CCCCC1. The molecular formula is C14H24N2O3. The summed E-state index contributed by atoms with van der Waals surface area (Å²) in [7, 11) is 0. The van der Waals surface area contributed by atoms with E-state index in [0.717, 1.165) is 44.2 Å². The smallest absolute Gasteiger partial charge is 0.246 e. The summed E-state index contributed by atoms with van der Waals surface area (Å²) in [4.78, 5) is 11.8. The monoisotopic (exact) mass is 268 g/mol. The quantitative estimate of drug-likeness (QED) is 0.606. The first kappa shape index (κ1) is 14.3. The van der Waals surface area contributed by atoms with Crippen molar-refractivity contribution < 1.29 is 14.7 Å².